The van der Waals surface area contributed by atoms with Crippen molar-refractivity contribution in [3.63, 3.8) is 0 Å². The third-order valence-corrected chi connectivity index (χ3v) is 4.55. The number of nitrogens with two attached hydrogens (primary N) is 1. The number of likely N-dealkylation sites (tertiary alicyclic amines) is 1. The van der Waals surface area contributed by atoms with Crippen LogP contribution in [0.15, 0.2) is 24.3 Å². The molecule has 4 heteroatoms. The van der Waals surface area contributed by atoms with Gasteiger partial charge in [0, 0.05) is 11.6 Å². The zero-order valence-electron chi connectivity index (χ0n) is 12.9. The predicted octanol–water partition coefficient (Wildman–Crippen LogP) is 1.94. The van der Waals surface area contributed by atoms with Crippen LogP contribution in [0.1, 0.15) is 32.3 Å². The lowest BCUT2D eigenvalue weighted by atomic mass is 9.88. The Bertz CT molecular complexity index is 427. The van der Waals surface area contributed by atoms with Gasteiger partial charge in [0.2, 0.25) is 0 Å². The maximum Gasteiger partial charge on any atom is 0.119 e. The van der Waals surface area contributed by atoms with Crippen molar-refractivity contribution in [2.24, 2.45) is 5.84 Å². The third-order valence-electron chi connectivity index (χ3n) is 4.55. The molecule has 20 heavy (non-hydrogen) atoms. The smallest absolute Gasteiger partial charge is 0.119 e. The molecule has 2 rings (SSSR count). The third kappa shape index (κ3) is 3.32. The van der Waals surface area contributed by atoms with E-state index in [0.29, 0.717) is 0 Å². The van der Waals surface area contributed by atoms with Crippen LogP contribution in [0.3, 0.4) is 0 Å². The van der Waals surface area contributed by atoms with Crippen LogP contribution >= 0.6 is 0 Å². The van der Waals surface area contributed by atoms with E-state index in [-0.39, 0.29) is 11.6 Å². The average molecular weight is 277 g/mol. The number of nitrogens with zero attached hydrogens (tertiary/aromatic N) is 1. The second-order valence-electron chi connectivity index (χ2n) is 6.12. The van der Waals surface area contributed by atoms with Gasteiger partial charge in [-0.2, -0.15) is 0 Å². The van der Waals surface area contributed by atoms with Crippen LogP contribution in [0, 0.1) is 0 Å². The SMILES string of the molecule is COc1cccc(CC(NN)C(C)(C)N2CCCC2)c1. The van der Waals surface area contributed by atoms with E-state index in [1.54, 1.807) is 7.11 Å². The monoisotopic (exact) mass is 277 g/mol. The summed E-state index contributed by atoms with van der Waals surface area (Å²) in [5.74, 6) is 6.74. The first-order valence-corrected chi connectivity index (χ1v) is 7.42. The molecule has 1 saturated heterocycles. The van der Waals surface area contributed by atoms with Gasteiger partial charge in [0.25, 0.3) is 0 Å². The molecule has 1 unspecified atom stereocenters. The summed E-state index contributed by atoms with van der Waals surface area (Å²) in [6.07, 6.45) is 3.48. The van der Waals surface area contributed by atoms with Crippen LogP contribution in [-0.2, 0) is 6.42 Å². The Kier molecular flexibility index (Phi) is 5.02. The Morgan fingerprint density at radius 3 is 2.65 bits per heavy atom. The molecular weight excluding hydrogens is 250 g/mol. The largest absolute Gasteiger partial charge is 0.497 e. The molecule has 1 aromatic rings. The first kappa shape index (κ1) is 15.3. The highest BCUT2D eigenvalue weighted by Gasteiger charge is 2.36. The molecule has 1 aliphatic heterocycles. The number of hydrazine groups is 1. The van der Waals surface area contributed by atoms with Crippen molar-refractivity contribution < 1.29 is 4.74 Å². The van der Waals surface area contributed by atoms with Gasteiger partial charge in [-0.05, 0) is 63.9 Å². The second-order valence-corrected chi connectivity index (χ2v) is 6.12. The van der Waals surface area contributed by atoms with Gasteiger partial charge in [0.05, 0.1) is 7.11 Å². The number of hydrogen-bond acceptors (Lipinski definition) is 4. The van der Waals surface area contributed by atoms with E-state index in [2.05, 4.69) is 36.3 Å². The van der Waals surface area contributed by atoms with Gasteiger partial charge in [-0.15, -0.1) is 0 Å². The molecule has 112 valence electrons. The van der Waals surface area contributed by atoms with Gasteiger partial charge < -0.3 is 4.74 Å². The second kappa shape index (κ2) is 6.57. The van der Waals surface area contributed by atoms with E-state index in [0.717, 1.165) is 12.2 Å². The highest BCUT2D eigenvalue weighted by Crippen LogP contribution is 2.26. The fourth-order valence-electron chi connectivity index (χ4n) is 3.06. The minimum absolute atomic E-state index is 0.0499. The fraction of sp³-hybridized carbons (Fsp3) is 0.625. The van der Waals surface area contributed by atoms with Gasteiger partial charge >= 0.3 is 0 Å². The van der Waals surface area contributed by atoms with E-state index >= 15 is 0 Å². The number of methoxy groups -OCH3 is 1. The first-order chi connectivity index (χ1) is 9.57. The van der Waals surface area contributed by atoms with Crippen LogP contribution in [0.2, 0.25) is 0 Å². The molecule has 1 atom stereocenters. The molecule has 1 heterocycles. The van der Waals surface area contributed by atoms with Crippen molar-refractivity contribution >= 4 is 0 Å². The van der Waals surface area contributed by atoms with Gasteiger partial charge in [-0.1, -0.05) is 12.1 Å². The molecule has 1 fully saturated rings. The van der Waals surface area contributed by atoms with Gasteiger partial charge in [0.15, 0.2) is 0 Å². The van der Waals surface area contributed by atoms with Crippen LogP contribution in [0.5, 0.6) is 5.75 Å². The maximum absolute atomic E-state index is 5.84. The van der Waals surface area contributed by atoms with Crippen molar-refractivity contribution in [2.45, 2.75) is 44.7 Å². The van der Waals surface area contributed by atoms with Crippen LogP contribution in [0.25, 0.3) is 0 Å². The molecule has 0 spiro atoms. The van der Waals surface area contributed by atoms with Gasteiger partial charge in [-0.3, -0.25) is 16.2 Å². The topological polar surface area (TPSA) is 50.5 Å². The highest BCUT2D eigenvalue weighted by atomic mass is 16.5. The predicted molar refractivity (Wildman–Crippen MR) is 82.7 cm³/mol. The number of nitrogens with one attached hydrogen (secondary N) is 1. The average Bonchev–Trinajstić information content (AvgIpc) is 2.99. The quantitative estimate of drug-likeness (QED) is 0.616. The molecule has 0 saturated carbocycles. The molecule has 0 radical (unpaired) electrons. The lowest BCUT2D eigenvalue weighted by Crippen LogP contribution is -2.59. The van der Waals surface area contributed by atoms with E-state index in [9.17, 15) is 0 Å². The van der Waals surface area contributed by atoms with E-state index < -0.39 is 0 Å². The number of rotatable bonds is 6. The Morgan fingerprint density at radius 1 is 1.35 bits per heavy atom. The van der Waals surface area contributed by atoms with Crippen LogP contribution in [-0.4, -0.2) is 36.7 Å². The summed E-state index contributed by atoms with van der Waals surface area (Å²) in [7, 11) is 1.70. The minimum atomic E-state index is 0.0499. The summed E-state index contributed by atoms with van der Waals surface area (Å²) in [4.78, 5) is 2.54. The zero-order chi connectivity index (χ0) is 14.6. The molecule has 3 N–H and O–H groups in total. The maximum atomic E-state index is 5.84. The standard InChI is InChI=1S/C16H27N3O/c1-16(2,19-9-4-5-10-19)15(18-17)12-13-7-6-8-14(11-13)20-3/h6-8,11,15,18H,4-5,9-10,12,17H2,1-3H3. The normalized spacial score (nSPS) is 18.2. The van der Waals surface area contributed by atoms with E-state index in [4.69, 9.17) is 10.6 Å². The summed E-state index contributed by atoms with van der Waals surface area (Å²) < 4.78 is 5.29. The van der Waals surface area contributed by atoms with Crippen molar-refractivity contribution in [2.75, 3.05) is 20.2 Å². The minimum Gasteiger partial charge on any atom is -0.497 e. The Hall–Kier alpha value is -1.10. The Labute approximate surface area is 122 Å². The Balaban J connectivity index is 2.10. The summed E-state index contributed by atoms with van der Waals surface area (Å²) in [6.45, 7) is 6.90. The molecule has 0 aromatic heterocycles. The van der Waals surface area contributed by atoms with Crippen molar-refractivity contribution in [3.8, 4) is 5.75 Å². The molecular formula is C16H27N3O. The summed E-state index contributed by atoms with van der Waals surface area (Å²) >= 11 is 0. The zero-order valence-corrected chi connectivity index (χ0v) is 12.9. The van der Waals surface area contributed by atoms with Crippen molar-refractivity contribution in [3.05, 3.63) is 29.8 Å². The number of hydrogen-bond donors (Lipinski definition) is 2. The molecule has 0 bridgehead atoms. The summed E-state index contributed by atoms with van der Waals surface area (Å²) in [5.41, 5.74) is 4.32. The molecule has 4 nitrogen and oxygen atoms in total. The first-order valence-electron chi connectivity index (χ1n) is 7.42. The molecule has 0 aliphatic carbocycles. The van der Waals surface area contributed by atoms with Gasteiger partial charge in [0.1, 0.15) is 5.75 Å². The summed E-state index contributed by atoms with van der Waals surface area (Å²) in [6, 6.07) is 8.44. The van der Waals surface area contributed by atoms with Crippen LogP contribution < -0.4 is 16.0 Å². The number of benzene rings is 1. The van der Waals surface area contributed by atoms with Gasteiger partial charge in [-0.25, -0.2) is 0 Å². The summed E-state index contributed by atoms with van der Waals surface area (Å²) in [5, 5.41) is 0. The van der Waals surface area contributed by atoms with Crippen molar-refractivity contribution in [1.82, 2.24) is 10.3 Å². The van der Waals surface area contributed by atoms with E-state index in [1.807, 2.05) is 12.1 Å². The highest BCUT2D eigenvalue weighted by molar-refractivity contribution is 5.29. The van der Waals surface area contributed by atoms with E-state index in [1.165, 1.54) is 31.5 Å². The van der Waals surface area contributed by atoms with Crippen LogP contribution in [0.4, 0.5) is 0 Å². The lowest BCUT2D eigenvalue weighted by molar-refractivity contribution is 0.106. The number of ether oxygens (including phenoxy) is 1. The molecule has 0 amide bonds. The lowest BCUT2D eigenvalue weighted by Gasteiger charge is -2.42. The fourth-order valence-corrected chi connectivity index (χ4v) is 3.06. The van der Waals surface area contributed by atoms with Crippen molar-refractivity contribution in [1.29, 1.82) is 0 Å². The Morgan fingerprint density at radius 2 is 2.05 bits per heavy atom. The molecule has 1 aromatic carbocycles. The molecule has 1 aliphatic rings.